The first kappa shape index (κ1) is 22.8. The molecule has 1 aliphatic heterocycles. The zero-order chi connectivity index (χ0) is 23.7. The van der Waals surface area contributed by atoms with Gasteiger partial charge in [0.2, 0.25) is 0 Å². The molecular weight excluding hydrogens is 468 g/mol. The van der Waals surface area contributed by atoms with Crippen molar-refractivity contribution >= 4 is 51.1 Å². The number of ether oxygens (including phenoxy) is 2. The summed E-state index contributed by atoms with van der Waals surface area (Å²) in [6.07, 6.45) is 0. The molecule has 2 aromatic heterocycles. The molecule has 1 atom stereocenters. The van der Waals surface area contributed by atoms with Gasteiger partial charge in [-0.3, -0.25) is 4.68 Å². The lowest BCUT2D eigenvalue weighted by molar-refractivity contribution is -0.139. The normalized spacial score (nSPS) is 15.9. The first-order valence-corrected chi connectivity index (χ1v) is 11.3. The highest BCUT2D eigenvalue weighted by Gasteiger charge is 2.34. The molecular formula is C22H21ClN4O5S. The Bertz CT molecular complexity index is 1240. The van der Waals surface area contributed by atoms with Crippen LogP contribution in [0.4, 0.5) is 4.79 Å². The number of benzene rings is 1. The minimum Gasteiger partial charge on any atom is -0.463 e. The van der Waals surface area contributed by atoms with E-state index >= 15 is 0 Å². The minimum atomic E-state index is -0.790. The number of amides is 2. The number of aromatic nitrogens is 2. The van der Waals surface area contributed by atoms with E-state index in [2.05, 4.69) is 15.7 Å². The van der Waals surface area contributed by atoms with Crippen LogP contribution in [0, 0.1) is 6.92 Å². The van der Waals surface area contributed by atoms with Gasteiger partial charge >= 0.3 is 18.0 Å². The van der Waals surface area contributed by atoms with E-state index in [1.165, 1.54) is 11.3 Å². The van der Waals surface area contributed by atoms with Crippen molar-refractivity contribution in [3.63, 3.8) is 0 Å². The van der Waals surface area contributed by atoms with Crippen LogP contribution >= 0.6 is 22.9 Å². The number of esters is 2. The molecule has 9 nitrogen and oxygen atoms in total. The molecule has 0 fully saturated rings. The zero-order valence-electron chi connectivity index (χ0n) is 18.1. The smallest absolute Gasteiger partial charge is 0.348 e. The number of halogens is 1. The number of hydrogen-bond acceptors (Lipinski definition) is 7. The molecule has 4 rings (SSSR count). The molecule has 33 heavy (non-hydrogen) atoms. The number of carbonyl (C=O) groups is 3. The molecule has 0 bridgehead atoms. The molecule has 11 heteroatoms. The predicted octanol–water partition coefficient (Wildman–Crippen LogP) is 3.62. The van der Waals surface area contributed by atoms with Gasteiger partial charge in [0.15, 0.2) is 0 Å². The van der Waals surface area contributed by atoms with Gasteiger partial charge in [0.1, 0.15) is 16.3 Å². The highest BCUT2D eigenvalue weighted by Crippen LogP contribution is 2.30. The maximum Gasteiger partial charge on any atom is 0.348 e. The Kier molecular flexibility index (Phi) is 6.39. The predicted molar refractivity (Wildman–Crippen MR) is 123 cm³/mol. The number of hydrogen-bond donors (Lipinski definition) is 2. The molecule has 0 spiro atoms. The van der Waals surface area contributed by atoms with Gasteiger partial charge < -0.3 is 20.1 Å². The summed E-state index contributed by atoms with van der Waals surface area (Å²) < 4.78 is 12.4. The Morgan fingerprint density at radius 3 is 2.61 bits per heavy atom. The average Bonchev–Trinajstić information content (AvgIpc) is 3.33. The summed E-state index contributed by atoms with van der Waals surface area (Å²) in [6.45, 7) is 3.38. The third kappa shape index (κ3) is 4.57. The van der Waals surface area contributed by atoms with Crippen molar-refractivity contribution in [2.75, 3.05) is 13.2 Å². The number of nitrogens with one attached hydrogen (secondary N) is 2. The molecule has 3 aromatic rings. The minimum absolute atomic E-state index is 0.145. The maximum absolute atomic E-state index is 12.8. The van der Waals surface area contributed by atoms with Gasteiger partial charge in [-0.15, -0.1) is 11.3 Å². The first-order valence-electron chi connectivity index (χ1n) is 10.1. The summed E-state index contributed by atoms with van der Waals surface area (Å²) in [5.41, 5.74) is 1.76. The fourth-order valence-corrected chi connectivity index (χ4v) is 4.74. The van der Waals surface area contributed by atoms with Crippen LogP contribution in [0.5, 0.6) is 0 Å². The summed E-state index contributed by atoms with van der Waals surface area (Å²) in [5, 5.41) is 11.0. The number of carbonyl (C=O) groups excluding carboxylic acids is 3. The van der Waals surface area contributed by atoms with Crippen molar-refractivity contribution in [1.82, 2.24) is 20.4 Å². The Balaban J connectivity index is 1.63. The molecule has 172 valence electrons. The van der Waals surface area contributed by atoms with Crippen LogP contribution in [0.15, 0.2) is 41.6 Å². The van der Waals surface area contributed by atoms with Crippen LogP contribution in [-0.4, -0.2) is 41.0 Å². The molecule has 0 aliphatic carbocycles. The Morgan fingerprint density at radius 1 is 1.21 bits per heavy atom. The Morgan fingerprint density at radius 2 is 1.94 bits per heavy atom. The van der Waals surface area contributed by atoms with Crippen molar-refractivity contribution in [2.24, 2.45) is 7.05 Å². The second-order valence-corrected chi connectivity index (χ2v) is 8.78. The number of fused-ring (bicyclic) bond motifs is 1. The van der Waals surface area contributed by atoms with Crippen LogP contribution in [0.25, 0.3) is 10.2 Å². The quantitative estimate of drug-likeness (QED) is 0.512. The fraction of sp³-hybridized carbons (Fsp3) is 0.273. The van der Waals surface area contributed by atoms with E-state index < -0.39 is 24.0 Å². The molecule has 0 radical (unpaired) electrons. The second-order valence-electron chi connectivity index (χ2n) is 7.31. The highest BCUT2D eigenvalue weighted by molar-refractivity contribution is 7.20. The molecule has 0 saturated carbocycles. The second kappa shape index (κ2) is 9.24. The Hall–Kier alpha value is -3.37. The van der Waals surface area contributed by atoms with Crippen molar-refractivity contribution in [3.8, 4) is 0 Å². The number of urea groups is 1. The molecule has 1 aliphatic rings. The topological polar surface area (TPSA) is 112 Å². The van der Waals surface area contributed by atoms with E-state index in [1.807, 2.05) is 6.92 Å². The van der Waals surface area contributed by atoms with Gasteiger partial charge in [0.25, 0.3) is 0 Å². The highest BCUT2D eigenvalue weighted by atomic mass is 35.5. The fourth-order valence-electron chi connectivity index (χ4n) is 3.60. The van der Waals surface area contributed by atoms with Crippen molar-refractivity contribution in [3.05, 3.63) is 62.8 Å². The zero-order valence-corrected chi connectivity index (χ0v) is 19.7. The first-order chi connectivity index (χ1) is 15.8. The molecule has 1 aromatic carbocycles. The van der Waals surface area contributed by atoms with Crippen molar-refractivity contribution in [2.45, 2.75) is 19.9 Å². The largest absolute Gasteiger partial charge is 0.463 e. The number of thiophene rings is 1. The van der Waals surface area contributed by atoms with Gasteiger partial charge in [-0.25, -0.2) is 14.4 Å². The van der Waals surface area contributed by atoms with E-state index in [1.54, 1.807) is 49.0 Å². The summed E-state index contributed by atoms with van der Waals surface area (Å²) in [5.74, 6) is -1.19. The van der Waals surface area contributed by atoms with Gasteiger partial charge in [-0.2, -0.15) is 5.10 Å². The Labute approximate surface area is 198 Å². The van der Waals surface area contributed by atoms with Crippen LogP contribution in [-0.2, 0) is 21.3 Å². The number of aryl methyl sites for hydroxylation is 2. The lowest BCUT2D eigenvalue weighted by atomic mass is 9.95. The molecule has 0 saturated heterocycles. The molecule has 2 N–H and O–H groups in total. The lowest BCUT2D eigenvalue weighted by Gasteiger charge is -2.29. The molecule has 3 heterocycles. The van der Waals surface area contributed by atoms with Gasteiger partial charge in [-0.05, 0) is 37.6 Å². The van der Waals surface area contributed by atoms with Gasteiger partial charge in [0, 0.05) is 17.5 Å². The van der Waals surface area contributed by atoms with E-state index in [0.717, 1.165) is 15.9 Å². The van der Waals surface area contributed by atoms with Gasteiger partial charge in [-0.1, -0.05) is 23.7 Å². The van der Waals surface area contributed by atoms with E-state index in [9.17, 15) is 14.4 Å². The maximum atomic E-state index is 12.8. The standard InChI is InChI=1S/C22H21ClN4O5S/c1-4-31-21(29)17-15(24-22(30)25-18(17)12-5-7-13(23)8-6-12)10-32-20(28)16-9-14-11(2)26-27(3)19(14)33-16/h5-9,18H,4,10H2,1-3H3,(H2,24,25,30). The van der Waals surface area contributed by atoms with Crippen molar-refractivity contribution < 1.29 is 23.9 Å². The lowest BCUT2D eigenvalue weighted by Crippen LogP contribution is -2.47. The van der Waals surface area contributed by atoms with Crippen molar-refractivity contribution in [1.29, 1.82) is 0 Å². The molecule has 2 amide bonds. The van der Waals surface area contributed by atoms with Crippen LogP contribution < -0.4 is 10.6 Å². The number of rotatable bonds is 6. The van der Waals surface area contributed by atoms with E-state index in [0.29, 0.717) is 15.5 Å². The average molecular weight is 489 g/mol. The summed E-state index contributed by atoms with van der Waals surface area (Å²) >= 11 is 7.23. The summed E-state index contributed by atoms with van der Waals surface area (Å²) in [7, 11) is 1.80. The third-order valence-electron chi connectivity index (χ3n) is 5.10. The summed E-state index contributed by atoms with van der Waals surface area (Å²) in [6, 6.07) is 7.13. The SMILES string of the molecule is CCOC(=O)C1=C(COC(=O)c2cc3c(C)nn(C)c3s2)NC(=O)NC1c1ccc(Cl)cc1. The van der Waals surface area contributed by atoms with E-state index in [4.69, 9.17) is 21.1 Å². The van der Waals surface area contributed by atoms with E-state index in [-0.39, 0.29) is 24.5 Å². The summed E-state index contributed by atoms with van der Waals surface area (Å²) in [4.78, 5) is 39.1. The van der Waals surface area contributed by atoms with Gasteiger partial charge in [0.05, 0.1) is 29.6 Å². The van der Waals surface area contributed by atoms with Crippen LogP contribution in [0.1, 0.15) is 33.9 Å². The monoisotopic (exact) mass is 488 g/mol. The van der Waals surface area contributed by atoms with Crippen LogP contribution in [0.3, 0.4) is 0 Å². The third-order valence-corrected chi connectivity index (χ3v) is 6.53. The molecule has 1 unspecified atom stereocenters. The number of nitrogens with zero attached hydrogens (tertiary/aromatic N) is 2. The van der Waals surface area contributed by atoms with Crippen LogP contribution in [0.2, 0.25) is 5.02 Å².